The highest BCUT2D eigenvalue weighted by Gasteiger charge is 2.39. The second kappa shape index (κ2) is 8.93. The highest BCUT2D eigenvalue weighted by Crippen LogP contribution is 2.41. The summed E-state index contributed by atoms with van der Waals surface area (Å²) in [7, 11) is 0. The van der Waals surface area contributed by atoms with E-state index < -0.39 is 41.8 Å². The monoisotopic (exact) mass is 442 g/mol. The van der Waals surface area contributed by atoms with Gasteiger partial charge in [0.15, 0.2) is 6.29 Å². The highest BCUT2D eigenvalue weighted by molar-refractivity contribution is 5.35. The van der Waals surface area contributed by atoms with Crippen LogP contribution in [0.3, 0.4) is 0 Å². The molecule has 2 aromatic rings. The normalized spacial score (nSPS) is 23.2. The molecule has 1 aliphatic rings. The van der Waals surface area contributed by atoms with Crippen molar-refractivity contribution >= 4 is 0 Å². The number of terminal acetylenes is 1. The number of benzene rings is 2. The number of alkyl halides is 6. The van der Waals surface area contributed by atoms with E-state index in [0.717, 1.165) is 5.56 Å². The molecule has 0 aromatic heterocycles. The van der Waals surface area contributed by atoms with Gasteiger partial charge in [0, 0.05) is 11.8 Å². The van der Waals surface area contributed by atoms with E-state index in [1.807, 2.05) is 18.2 Å². The molecule has 0 amide bonds. The molecule has 2 nitrogen and oxygen atoms in total. The van der Waals surface area contributed by atoms with Crippen LogP contribution in [0, 0.1) is 18.3 Å². The van der Waals surface area contributed by atoms with Crippen molar-refractivity contribution in [1.82, 2.24) is 0 Å². The Hall–Kier alpha value is -2.50. The van der Waals surface area contributed by atoms with Gasteiger partial charge in [0.05, 0.1) is 23.8 Å². The van der Waals surface area contributed by atoms with E-state index >= 15 is 0 Å². The molecule has 8 heteroatoms. The molecule has 0 radical (unpaired) electrons. The summed E-state index contributed by atoms with van der Waals surface area (Å²) in [6, 6.07) is 10.5. The molecule has 1 unspecified atom stereocenters. The topological polar surface area (TPSA) is 18.5 Å². The summed E-state index contributed by atoms with van der Waals surface area (Å²) in [6.45, 7) is 1.66. The Balaban J connectivity index is 1.94. The van der Waals surface area contributed by atoms with Gasteiger partial charge in [-0.15, -0.1) is 12.3 Å². The predicted molar refractivity (Wildman–Crippen MR) is 102 cm³/mol. The number of hydrogen-bond donors (Lipinski definition) is 0. The number of hydrogen-bond acceptors (Lipinski definition) is 2. The van der Waals surface area contributed by atoms with E-state index in [0.29, 0.717) is 18.6 Å². The Kier molecular flexibility index (Phi) is 6.68. The van der Waals surface area contributed by atoms with Crippen LogP contribution in [0.5, 0.6) is 0 Å². The second-order valence-corrected chi connectivity index (χ2v) is 7.36. The van der Waals surface area contributed by atoms with Crippen molar-refractivity contribution in [2.24, 2.45) is 5.92 Å². The smallest absolute Gasteiger partial charge is 0.352 e. The van der Waals surface area contributed by atoms with Gasteiger partial charge in [-0.3, -0.25) is 0 Å². The lowest BCUT2D eigenvalue weighted by Gasteiger charge is -2.37. The van der Waals surface area contributed by atoms with Crippen LogP contribution in [0.1, 0.15) is 47.6 Å². The van der Waals surface area contributed by atoms with Gasteiger partial charge in [0.2, 0.25) is 0 Å². The zero-order chi connectivity index (χ0) is 22.8. The van der Waals surface area contributed by atoms with E-state index in [1.54, 1.807) is 12.1 Å². The van der Waals surface area contributed by atoms with Crippen LogP contribution in [-0.2, 0) is 21.8 Å². The zero-order valence-corrected chi connectivity index (χ0v) is 16.5. The lowest BCUT2D eigenvalue weighted by molar-refractivity contribution is -0.204. The van der Waals surface area contributed by atoms with Gasteiger partial charge in [0.25, 0.3) is 0 Å². The van der Waals surface area contributed by atoms with E-state index in [4.69, 9.17) is 15.9 Å². The van der Waals surface area contributed by atoms with Crippen LogP contribution >= 0.6 is 0 Å². The first-order chi connectivity index (χ1) is 14.5. The third-order valence-corrected chi connectivity index (χ3v) is 5.25. The molecule has 1 heterocycles. The molecule has 0 saturated carbocycles. The van der Waals surface area contributed by atoms with E-state index in [-0.39, 0.29) is 24.2 Å². The van der Waals surface area contributed by atoms with Gasteiger partial charge in [-0.1, -0.05) is 30.3 Å². The standard InChI is InChI=1S/C23H20F6O2/c1-3-15-9-10-30-21(20(15)16-7-5-4-6-8-16)31-14(2)17-11-18(22(24,25)26)13-19(12-17)23(27,28)29/h1,4-8,11-15,20-21H,9-10H2,2H3/t14?,15-,20-,21-/m1/s1. The summed E-state index contributed by atoms with van der Waals surface area (Å²) in [6.07, 6.45) is -5.66. The third kappa shape index (κ3) is 5.41. The maximum atomic E-state index is 13.2. The molecule has 166 valence electrons. The maximum Gasteiger partial charge on any atom is 0.416 e. The van der Waals surface area contributed by atoms with Crippen molar-refractivity contribution in [1.29, 1.82) is 0 Å². The van der Waals surface area contributed by atoms with Crippen molar-refractivity contribution in [3.63, 3.8) is 0 Å². The van der Waals surface area contributed by atoms with Crippen LogP contribution in [-0.4, -0.2) is 12.9 Å². The fourth-order valence-electron chi connectivity index (χ4n) is 3.65. The van der Waals surface area contributed by atoms with Crippen LogP contribution in [0.25, 0.3) is 0 Å². The minimum absolute atomic E-state index is 0.0917. The summed E-state index contributed by atoms with van der Waals surface area (Å²) in [5.74, 6) is 2.04. The molecule has 2 aromatic carbocycles. The number of halogens is 6. The van der Waals surface area contributed by atoms with Crippen LogP contribution in [0.15, 0.2) is 48.5 Å². The van der Waals surface area contributed by atoms with E-state index in [1.165, 1.54) is 6.92 Å². The van der Waals surface area contributed by atoms with Gasteiger partial charge < -0.3 is 9.47 Å². The molecule has 0 bridgehead atoms. The largest absolute Gasteiger partial charge is 0.416 e. The zero-order valence-electron chi connectivity index (χ0n) is 16.5. The second-order valence-electron chi connectivity index (χ2n) is 7.36. The Morgan fingerprint density at radius 2 is 1.58 bits per heavy atom. The fourth-order valence-corrected chi connectivity index (χ4v) is 3.65. The van der Waals surface area contributed by atoms with Crippen molar-refractivity contribution in [3.8, 4) is 12.3 Å². The molecular weight excluding hydrogens is 422 g/mol. The Labute approximate surface area is 176 Å². The molecule has 31 heavy (non-hydrogen) atoms. The predicted octanol–water partition coefficient (Wildman–Crippen LogP) is 6.58. The average molecular weight is 442 g/mol. The van der Waals surface area contributed by atoms with Gasteiger partial charge in [0.1, 0.15) is 0 Å². The first-order valence-electron chi connectivity index (χ1n) is 9.58. The van der Waals surface area contributed by atoms with Gasteiger partial charge >= 0.3 is 12.4 Å². The molecule has 1 aliphatic heterocycles. The first kappa shape index (κ1) is 23.2. The summed E-state index contributed by atoms with van der Waals surface area (Å²) in [5.41, 5.74) is -2.21. The summed E-state index contributed by atoms with van der Waals surface area (Å²) >= 11 is 0. The van der Waals surface area contributed by atoms with Crippen LogP contribution < -0.4 is 0 Å². The average Bonchev–Trinajstić information content (AvgIpc) is 2.72. The van der Waals surface area contributed by atoms with Crippen LogP contribution in [0.2, 0.25) is 0 Å². The molecule has 0 spiro atoms. The molecule has 0 aliphatic carbocycles. The molecule has 0 N–H and O–H groups in total. The van der Waals surface area contributed by atoms with Crippen molar-refractivity contribution < 1.29 is 35.8 Å². The first-order valence-corrected chi connectivity index (χ1v) is 9.58. The fraction of sp³-hybridized carbons (Fsp3) is 0.391. The SMILES string of the molecule is C#C[C@@H]1CCO[C@H](OC(C)c2cc(C(F)(F)F)cc(C(F)(F)F)c2)[C@H]1c1ccccc1. The van der Waals surface area contributed by atoms with Gasteiger partial charge in [-0.05, 0) is 42.7 Å². The summed E-state index contributed by atoms with van der Waals surface area (Å²) in [4.78, 5) is 0. The van der Waals surface area contributed by atoms with E-state index in [9.17, 15) is 26.3 Å². The van der Waals surface area contributed by atoms with Crippen molar-refractivity contribution in [2.75, 3.05) is 6.61 Å². The maximum absolute atomic E-state index is 13.2. The molecule has 4 atom stereocenters. The quantitative estimate of drug-likeness (QED) is 0.393. The molecule has 1 fully saturated rings. The minimum Gasteiger partial charge on any atom is -0.352 e. The number of ether oxygens (including phenoxy) is 2. The lowest BCUT2D eigenvalue weighted by Crippen LogP contribution is -2.36. The molecular formula is C23H20F6O2. The van der Waals surface area contributed by atoms with Crippen LogP contribution in [0.4, 0.5) is 26.3 Å². The van der Waals surface area contributed by atoms with Crippen molar-refractivity contribution in [2.45, 2.75) is 44.0 Å². The molecule has 1 saturated heterocycles. The van der Waals surface area contributed by atoms with E-state index in [2.05, 4.69) is 5.92 Å². The summed E-state index contributed by atoms with van der Waals surface area (Å²) < 4.78 is 90.7. The lowest BCUT2D eigenvalue weighted by atomic mass is 9.82. The Morgan fingerprint density at radius 1 is 1.00 bits per heavy atom. The summed E-state index contributed by atoms with van der Waals surface area (Å²) in [5, 5.41) is 0. The van der Waals surface area contributed by atoms with Gasteiger partial charge in [-0.2, -0.15) is 26.3 Å². The Bertz CT molecular complexity index is 898. The van der Waals surface area contributed by atoms with Crippen molar-refractivity contribution in [3.05, 3.63) is 70.8 Å². The minimum atomic E-state index is -4.93. The Morgan fingerprint density at radius 3 is 2.10 bits per heavy atom. The highest BCUT2D eigenvalue weighted by atomic mass is 19.4. The third-order valence-electron chi connectivity index (χ3n) is 5.25. The number of rotatable bonds is 4. The van der Waals surface area contributed by atoms with Gasteiger partial charge in [-0.25, -0.2) is 0 Å². The molecule has 3 rings (SSSR count).